The molecule has 3 aromatic rings. The van der Waals surface area contributed by atoms with Crippen LogP contribution in [0.2, 0.25) is 0 Å². The molecule has 27 heavy (non-hydrogen) atoms. The number of H-pyrrole nitrogens is 1. The first kappa shape index (κ1) is 18.5. The van der Waals surface area contributed by atoms with Crippen molar-refractivity contribution in [2.24, 2.45) is 0 Å². The van der Waals surface area contributed by atoms with Gasteiger partial charge in [-0.25, -0.2) is 4.98 Å². The Kier molecular flexibility index (Phi) is 5.45. The van der Waals surface area contributed by atoms with Gasteiger partial charge in [-0.2, -0.15) is 5.10 Å². The Labute approximate surface area is 158 Å². The average Bonchev–Trinajstić information content (AvgIpc) is 3.11. The summed E-state index contributed by atoms with van der Waals surface area (Å²) in [7, 11) is 1.55. The highest BCUT2D eigenvalue weighted by Crippen LogP contribution is 2.24. The third-order valence-corrected chi connectivity index (χ3v) is 4.66. The summed E-state index contributed by atoms with van der Waals surface area (Å²) in [6, 6.07) is 13.2. The van der Waals surface area contributed by atoms with Crippen LogP contribution in [0.15, 0.2) is 48.7 Å². The third-order valence-electron chi connectivity index (χ3n) is 4.66. The minimum absolute atomic E-state index is 0.0435. The normalized spacial score (nSPS) is 11.8. The molecule has 2 N–H and O–H groups in total. The summed E-state index contributed by atoms with van der Waals surface area (Å²) in [4.78, 5) is 29.5. The zero-order chi connectivity index (χ0) is 19.4. The van der Waals surface area contributed by atoms with Crippen LogP contribution in [-0.2, 0) is 6.42 Å². The van der Waals surface area contributed by atoms with Crippen molar-refractivity contribution in [3.63, 3.8) is 0 Å². The van der Waals surface area contributed by atoms with Crippen LogP contribution in [0.4, 0.5) is 0 Å². The van der Waals surface area contributed by atoms with Crippen LogP contribution in [0.1, 0.15) is 56.2 Å². The molecule has 0 bridgehead atoms. The Hall–Kier alpha value is -3.28. The number of aromatic nitrogens is 3. The van der Waals surface area contributed by atoms with Crippen molar-refractivity contribution in [1.29, 1.82) is 0 Å². The minimum Gasteiger partial charge on any atom is -0.354 e. The fraction of sp³-hybridized carbons (Fsp3) is 0.238. The topological polar surface area (TPSA) is 87.7 Å². The van der Waals surface area contributed by atoms with Gasteiger partial charge in [0.25, 0.3) is 5.91 Å². The number of carbonyl (C=O) groups is 2. The second-order valence-corrected chi connectivity index (χ2v) is 6.50. The van der Waals surface area contributed by atoms with Gasteiger partial charge in [0.1, 0.15) is 5.69 Å². The molecule has 2 heterocycles. The Morgan fingerprint density at radius 3 is 2.56 bits per heavy atom. The van der Waals surface area contributed by atoms with Gasteiger partial charge in [-0.3, -0.25) is 14.7 Å². The molecular formula is C21H22N4O2. The number of pyridine rings is 1. The lowest BCUT2D eigenvalue weighted by Crippen LogP contribution is -2.21. The van der Waals surface area contributed by atoms with Crippen molar-refractivity contribution in [2.45, 2.75) is 26.2 Å². The van der Waals surface area contributed by atoms with Gasteiger partial charge >= 0.3 is 0 Å². The van der Waals surface area contributed by atoms with E-state index in [4.69, 9.17) is 0 Å². The first-order valence-corrected chi connectivity index (χ1v) is 8.80. The molecule has 0 aliphatic rings. The molecule has 0 saturated carbocycles. The number of hydrogen-bond donors (Lipinski definition) is 2. The molecule has 138 valence electrons. The lowest BCUT2D eigenvalue weighted by molar-refractivity contribution is 0.0958. The number of aryl methyl sites for hydroxylation is 1. The van der Waals surface area contributed by atoms with E-state index < -0.39 is 0 Å². The molecule has 0 spiro atoms. The highest BCUT2D eigenvalue weighted by molar-refractivity contribution is 6.00. The SMILES string of the molecule is CNC(=O)c1cc(C(=O)Cc2cn[nH]c2C)cc([C@@H](C)c2ccccc2)n1. The van der Waals surface area contributed by atoms with E-state index in [1.165, 1.54) is 0 Å². The van der Waals surface area contributed by atoms with Crippen molar-refractivity contribution < 1.29 is 9.59 Å². The number of nitrogens with one attached hydrogen (secondary N) is 2. The summed E-state index contributed by atoms with van der Waals surface area (Å²) >= 11 is 0. The Bertz CT molecular complexity index is 963. The van der Waals surface area contributed by atoms with Crippen LogP contribution < -0.4 is 5.32 Å². The predicted molar refractivity (Wildman–Crippen MR) is 103 cm³/mol. The number of aromatic amines is 1. The van der Waals surface area contributed by atoms with Gasteiger partial charge in [-0.15, -0.1) is 0 Å². The monoisotopic (exact) mass is 362 g/mol. The average molecular weight is 362 g/mol. The molecule has 0 fully saturated rings. The molecule has 0 unspecified atom stereocenters. The van der Waals surface area contributed by atoms with Crippen LogP contribution in [0.5, 0.6) is 0 Å². The van der Waals surface area contributed by atoms with Gasteiger partial charge < -0.3 is 5.32 Å². The van der Waals surface area contributed by atoms with Crippen LogP contribution in [-0.4, -0.2) is 33.9 Å². The fourth-order valence-corrected chi connectivity index (χ4v) is 2.92. The predicted octanol–water partition coefficient (Wildman–Crippen LogP) is 3.05. The largest absolute Gasteiger partial charge is 0.354 e. The first-order chi connectivity index (χ1) is 13.0. The number of rotatable bonds is 6. The van der Waals surface area contributed by atoms with Gasteiger partial charge in [0, 0.05) is 41.9 Å². The Morgan fingerprint density at radius 2 is 1.93 bits per heavy atom. The number of benzene rings is 1. The van der Waals surface area contributed by atoms with E-state index in [9.17, 15) is 9.59 Å². The quantitative estimate of drug-likeness (QED) is 0.660. The summed E-state index contributed by atoms with van der Waals surface area (Å²) < 4.78 is 0. The minimum atomic E-state index is -0.314. The van der Waals surface area contributed by atoms with E-state index in [2.05, 4.69) is 20.5 Å². The number of nitrogens with zero attached hydrogens (tertiary/aromatic N) is 2. The molecule has 0 aliphatic heterocycles. The molecule has 1 aromatic carbocycles. The molecule has 0 aliphatic carbocycles. The van der Waals surface area contributed by atoms with Crippen LogP contribution in [0.3, 0.4) is 0 Å². The summed E-state index contributed by atoms with van der Waals surface area (Å²) in [6.45, 7) is 3.89. The maximum absolute atomic E-state index is 12.8. The summed E-state index contributed by atoms with van der Waals surface area (Å²) in [5.74, 6) is -0.433. The number of Topliss-reactive ketones (excluding diaryl/α,β-unsaturated/α-hetero) is 1. The maximum atomic E-state index is 12.8. The number of amides is 1. The molecule has 0 saturated heterocycles. The van der Waals surface area contributed by atoms with E-state index in [1.807, 2.05) is 44.2 Å². The van der Waals surface area contributed by atoms with Gasteiger partial charge in [-0.1, -0.05) is 37.3 Å². The maximum Gasteiger partial charge on any atom is 0.269 e. The lowest BCUT2D eigenvalue weighted by atomic mass is 9.94. The summed E-state index contributed by atoms with van der Waals surface area (Å²) in [5, 5.41) is 9.38. The van der Waals surface area contributed by atoms with Crippen LogP contribution >= 0.6 is 0 Å². The summed E-state index contributed by atoms with van der Waals surface area (Å²) in [5.41, 5.74) is 4.18. The first-order valence-electron chi connectivity index (χ1n) is 8.80. The second-order valence-electron chi connectivity index (χ2n) is 6.50. The van der Waals surface area contributed by atoms with E-state index in [-0.39, 0.29) is 29.7 Å². The van der Waals surface area contributed by atoms with E-state index in [0.29, 0.717) is 11.3 Å². The van der Waals surface area contributed by atoms with Gasteiger partial charge in [0.05, 0.1) is 6.20 Å². The number of ketones is 1. The molecule has 1 amide bonds. The fourth-order valence-electron chi connectivity index (χ4n) is 2.92. The lowest BCUT2D eigenvalue weighted by Gasteiger charge is -2.14. The standard InChI is InChI=1S/C21H22N4O2/c1-13(15-7-5-4-6-8-15)18-9-16(10-19(24-18)21(27)22-3)20(26)11-17-12-23-25-14(17)2/h4-10,12-13H,11H2,1-3H3,(H,22,27)(H,23,25)/t13-/m0/s1. The van der Waals surface area contributed by atoms with E-state index >= 15 is 0 Å². The van der Waals surface area contributed by atoms with Crippen molar-refractivity contribution in [3.8, 4) is 0 Å². The van der Waals surface area contributed by atoms with Crippen LogP contribution in [0.25, 0.3) is 0 Å². The van der Waals surface area contributed by atoms with Gasteiger partial charge in [-0.05, 0) is 24.6 Å². The van der Waals surface area contributed by atoms with Crippen molar-refractivity contribution in [1.82, 2.24) is 20.5 Å². The number of carbonyl (C=O) groups excluding carboxylic acids is 2. The highest BCUT2D eigenvalue weighted by Gasteiger charge is 2.19. The van der Waals surface area contributed by atoms with Crippen LogP contribution in [0, 0.1) is 6.92 Å². The van der Waals surface area contributed by atoms with Gasteiger partial charge in [0.15, 0.2) is 5.78 Å². The van der Waals surface area contributed by atoms with Crippen molar-refractivity contribution in [3.05, 3.63) is 82.4 Å². The molecule has 0 radical (unpaired) electrons. The van der Waals surface area contributed by atoms with Gasteiger partial charge in [0.2, 0.25) is 0 Å². The molecular weight excluding hydrogens is 340 g/mol. The third kappa shape index (κ3) is 4.11. The second kappa shape index (κ2) is 7.95. The zero-order valence-electron chi connectivity index (χ0n) is 15.6. The number of hydrogen-bond acceptors (Lipinski definition) is 4. The zero-order valence-corrected chi connectivity index (χ0v) is 15.6. The molecule has 6 nitrogen and oxygen atoms in total. The van der Waals surface area contributed by atoms with E-state index in [0.717, 1.165) is 16.8 Å². The van der Waals surface area contributed by atoms with Crippen molar-refractivity contribution in [2.75, 3.05) is 7.05 Å². The summed E-state index contributed by atoms with van der Waals surface area (Å²) in [6.07, 6.45) is 1.88. The molecule has 1 atom stereocenters. The Morgan fingerprint density at radius 1 is 1.19 bits per heavy atom. The molecule has 6 heteroatoms. The van der Waals surface area contributed by atoms with E-state index in [1.54, 1.807) is 25.4 Å². The Balaban J connectivity index is 1.99. The molecule has 2 aromatic heterocycles. The molecule has 3 rings (SSSR count). The smallest absolute Gasteiger partial charge is 0.269 e. The highest BCUT2D eigenvalue weighted by atomic mass is 16.1. The van der Waals surface area contributed by atoms with Crippen molar-refractivity contribution >= 4 is 11.7 Å².